The Morgan fingerprint density at radius 1 is 1.38 bits per heavy atom. The predicted molar refractivity (Wildman–Crippen MR) is 66.0 cm³/mol. The second kappa shape index (κ2) is 5.70. The fourth-order valence-electron chi connectivity index (χ4n) is 1.85. The van der Waals surface area contributed by atoms with E-state index in [0.717, 1.165) is 50.9 Å². The molecule has 4 heteroatoms. The topological polar surface area (TPSA) is 37.4 Å². The van der Waals surface area contributed by atoms with Crippen molar-refractivity contribution >= 4 is 11.6 Å². The van der Waals surface area contributed by atoms with Crippen molar-refractivity contribution in [2.24, 2.45) is 0 Å². The molecule has 1 aromatic heterocycles. The van der Waals surface area contributed by atoms with Gasteiger partial charge in [-0.05, 0) is 25.5 Å². The first-order chi connectivity index (χ1) is 7.90. The van der Waals surface area contributed by atoms with Crippen molar-refractivity contribution in [1.29, 1.82) is 0 Å². The van der Waals surface area contributed by atoms with Crippen LogP contribution in [-0.2, 0) is 4.74 Å². The van der Waals surface area contributed by atoms with Gasteiger partial charge in [0.15, 0.2) is 0 Å². The number of anilines is 2. The number of pyridine rings is 1. The van der Waals surface area contributed by atoms with Gasteiger partial charge in [-0.15, -0.1) is 0 Å². The normalized spacial score (nSPS) is 16.9. The van der Waals surface area contributed by atoms with Gasteiger partial charge in [-0.2, -0.15) is 0 Å². The first-order valence-electron chi connectivity index (χ1n) is 5.94. The maximum Gasteiger partial charge on any atom is 0.131 e. The van der Waals surface area contributed by atoms with Crippen molar-refractivity contribution in [1.82, 2.24) is 4.98 Å². The second-order valence-electron chi connectivity index (χ2n) is 3.86. The van der Waals surface area contributed by atoms with E-state index in [9.17, 15) is 0 Å². The van der Waals surface area contributed by atoms with Gasteiger partial charge in [0.1, 0.15) is 11.6 Å². The van der Waals surface area contributed by atoms with Gasteiger partial charge < -0.3 is 15.0 Å². The quantitative estimate of drug-likeness (QED) is 0.843. The molecule has 4 nitrogen and oxygen atoms in total. The minimum atomic E-state index is 0.799. The van der Waals surface area contributed by atoms with Crippen LogP contribution in [0.5, 0.6) is 0 Å². The van der Waals surface area contributed by atoms with Crippen LogP contribution >= 0.6 is 0 Å². The lowest BCUT2D eigenvalue weighted by Crippen LogP contribution is -2.26. The molecule has 2 rings (SSSR count). The summed E-state index contributed by atoms with van der Waals surface area (Å²) in [5.74, 6) is 1.99. The van der Waals surface area contributed by atoms with Crippen LogP contribution in [-0.4, -0.2) is 37.8 Å². The van der Waals surface area contributed by atoms with Crippen LogP contribution in [0.2, 0.25) is 0 Å². The SMILES string of the molecule is CCNc1cccc(N2CCCOCC2)n1. The molecule has 1 aromatic rings. The Hall–Kier alpha value is -1.29. The van der Waals surface area contributed by atoms with Crippen LogP contribution in [0.3, 0.4) is 0 Å². The van der Waals surface area contributed by atoms with E-state index in [1.165, 1.54) is 0 Å². The summed E-state index contributed by atoms with van der Waals surface area (Å²) in [5, 5.41) is 3.23. The second-order valence-corrected chi connectivity index (χ2v) is 3.86. The van der Waals surface area contributed by atoms with Gasteiger partial charge in [-0.25, -0.2) is 4.98 Å². The largest absolute Gasteiger partial charge is 0.380 e. The molecule has 1 aliphatic rings. The lowest BCUT2D eigenvalue weighted by Gasteiger charge is -2.21. The van der Waals surface area contributed by atoms with Crippen molar-refractivity contribution in [3.8, 4) is 0 Å². The van der Waals surface area contributed by atoms with Crippen LogP contribution in [0.1, 0.15) is 13.3 Å². The maximum absolute atomic E-state index is 5.44. The number of aromatic nitrogens is 1. The Labute approximate surface area is 96.6 Å². The third-order valence-corrected chi connectivity index (χ3v) is 2.64. The van der Waals surface area contributed by atoms with E-state index in [-0.39, 0.29) is 0 Å². The van der Waals surface area contributed by atoms with Crippen LogP contribution in [0.25, 0.3) is 0 Å². The predicted octanol–water partition coefficient (Wildman–Crippen LogP) is 1.74. The molecule has 0 unspecified atom stereocenters. The Morgan fingerprint density at radius 2 is 2.31 bits per heavy atom. The molecule has 0 amide bonds. The molecule has 1 aliphatic heterocycles. The van der Waals surface area contributed by atoms with Gasteiger partial charge in [0, 0.05) is 26.2 Å². The van der Waals surface area contributed by atoms with Crippen LogP contribution < -0.4 is 10.2 Å². The summed E-state index contributed by atoms with van der Waals surface area (Å²) in [5.41, 5.74) is 0. The Balaban J connectivity index is 2.08. The molecule has 2 heterocycles. The summed E-state index contributed by atoms with van der Waals surface area (Å²) in [6.45, 7) is 6.61. The van der Waals surface area contributed by atoms with E-state index < -0.39 is 0 Å². The summed E-state index contributed by atoms with van der Waals surface area (Å²) in [7, 11) is 0. The molecule has 0 spiro atoms. The molecule has 0 radical (unpaired) electrons. The molecule has 0 saturated carbocycles. The molecule has 16 heavy (non-hydrogen) atoms. The highest BCUT2D eigenvalue weighted by Gasteiger charge is 2.11. The fourth-order valence-corrected chi connectivity index (χ4v) is 1.85. The molecule has 1 N–H and O–H groups in total. The van der Waals surface area contributed by atoms with Crippen LogP contribution in [0, 0.1) is 0 Å². The first-order valence-corrected chi connectivity index (χ1v) is 5.94. The highest BCUT2D eigenvalue weighted by Crippen LogP contribution is 2.15. The summed E-state index contributed by atoms with van der Waals surface area (Å²) >= 11 is 0. The van der Waals surface area contributed by atoms with Crippen molar-refractivity contribution in [3.05, 3.63) is 18.2 Å². The molecule has 0 bridgehead atoms. The molecule has 0 aliphatic carbocycles. The lowest BCUT2D eigenvalue weighted by molar-refractivity contribution is 0.152. The Morgan fingerprint density at radius 3 is 3.19 bits per heavy atom. The van der Waals surface area contributed by atoms with E-state index in [4.69, 9.17) is 4.74 Å². The van der Waals surface area contributed by atoms with Gasteiger partial charge in [-0.1, -0.05) is 6.07 Å². The highest BCUT2D eigenvalue weighted by molar-refractivity contribution is 5.47. The van der Waals surface area contributed by atoms with Crippen molar-refractivity contribution in [2.45, 2.75) is 13.3 Å². The maximum atomic E-state index is 5.44. The zero-order valence-electron chi connectivity index (χ0n) is 9.78. The summed E-state index contributed by atoms with van der Waals surface area (Å²) in [4.78, 5) is 6.87. The molecule has 88 valence electrons. The summed E-state index contributed by atoms with van der Waals surface area (Å²) in [6.07, 6.45) is 1.08. The van der Waals surface area contributed by atoms with E-state index in [1.807, 2.05) is 12.1 Å². The minimum Gasteiger partial charge on any atom is -0.380 e. The van der Waals surface area contributed by atoms with Crippen molar-refractivity contribution in [3.63, 3.8) is 0 Å². The average molecular weight is 221 g/mol. The number of ether oxygens (including phenoxy) is 1. The number of hydrogen-bond donors (Lipinski definition) is 1. The Kier molecular flexibility index (Phi) is 3.99. The van der Waals surface area contributed by atoms with E-state index in [2.05, 4.69) is 28.2 Å². The molecule has 1 fully saturated rings. The third-order valence-electron chi connectivity index (χ3n) is 2.64. The molecule has 0 aromatic carbocycles. The fraction of sp³-hybridized carbons (Fsp3) is 0.583. The van der Waals surface area contributed by atoms with Crippen molar-refractivity contribution in [2.75, 3.05) is 43.1 Å². The third kappa shape index (κ3) is 2.85. The van der Waals surface area contributed by atoms with Gasteiger partial charge >= 0.3 is 0 Å². The Bertz CT molecular complexity index is 322. The standard InChI is InChI=1S/C12H19N3O/c1-2-13-11-5-3-6-12(14-11)15-7-4-9-16-10-8-15/h3,5-6H,2,4,7-10H2,1H3,(H,13,14). The first kappa shape index (κ1) is 11.2. The van der Waals surface area contributed by atoms with E-state index in [0.29, 0.717) is 0 Å². The highest BCUT2D eigenvalue weighted by atomic mass is 16.5. The molecule has 1 saturated heterocycles. The number of nitrogens with one attached hydrogen (secondary N) is 1. The molecule has 0 atom stereocenters. The number of nitrogens with zero attached hydrogens (tertiary/aromatic N) is 2. The molecular formula is C12H19N3O. The summed E-state index contributed by atoms with van der Waals surface area (Å²) in [6, 6.07) is 6.11. The minimum absolute atomic E-state index is 0.799. The van der Waals surface area contributed by atoms with Gasteiger partial charge in [-0.3, -0.25) is 0 Å². The van der Waals surface area contributed by atoms with Gasteiger partial charge in [0.05, 0.1) is 6.61 Å². The monoisotopic (exact) mass is 221 g/mol. The van der Waals surface area contributed by atoms with Crippen molar-refractivity contribution < 1.29 is 4.74 Å². The zero-order chi connectivity index (χ0) is 11.2. The number of rotatable bonds is 3. The van der Waals surface area contributed by atoms with Crippen LogP contribution in [0.4, 0.5) is 11.6 Å². The number of hydrogen-bond acceptors (Lipinski definition) is 4. The van der Waals surface area contributed by atoms with Gasteiger partial charge in [0.2, 0.25) is 0 Å². The van der Waals surface area contributed by atoms with Gasteiger partial charge in [0.25, 0.3) is 0 Å². The van der Waals surface area contributed by atoms with Crippen LogP contribution in [0.15, 0.2) is 18.2 Å². The van der Waals surface area contributed by atoms with E-state index >= 15 is 0 Å². The molecular weight excluding hydrogens is 202 g/mol. The van der Waals surface area contributed by atoms with E-state index in [1.54, 1.807) is 0 Å². The zero-order valence-corrected chi connectivity index (χ0v) is 9.78. The average Bonchev–Trinajstić information content (AvgIpc) is 2.58. The summed E-state index contributed by atoms with van der Waals surface area (Å²) < 4.78 is 5.44. The lowest BCUT2D eigenvalue weighted by atomic mass is 10.3. The smallest absolute Gasteiger partial charge is 0.131 e.